The molecule has 2 N–H and O–H groups in total. The second-order valence-corrected chi connectivity index (χ2v) is 6.74. The van der Waals surface area contributed by atoms with Crippen LogP contribution in [0.3, 0.4) is 0 Å². The van der Waals surface area contributed by atoms with Gasteiger partial charge in [-0.25, -0.2) is 4.98 Å². The number of nitrogens with one attached hydrogen (secondary N) is 2. The van der Waals surface area contributed by atoms with Gasteiger partial charge in [-0.05, 0) is 25.1 Å². The molecule has 0 saturated heterocycles. The van der Waals surface area contributed by atoms with Crippen LogP contribution in [0.4, 0.5) is 0 Å². The van der Waals surface area contributed by atoms with Crippen molar-refractivity contribution in [3.8, 4) is 6.19 Å². The fraction of sp³-hybridized carbons (Fsp3) is 0.308. The Hall–Kier alpha value is -1.49. The SMILES string of the molecule is CCN=C(NC#N)NCCSc1nc2cc(Cl)ccc2s1. The van der Waals surface area contributed by atoms with E-state index in [0.717, 1.165) is 20.3 Å². The smallest absolute Gasteiger partial charge is 0.204 e. The minimum Gasteiger partial charge on any atom is -0.355 e. The van der Waals surface area contributed by atoms with Crippen molar-refractivity contribution < 1.29 is 0 Å². The first-order chi connectivity index (χ1) is 10.2. The molecular formula is C13H14ClN5S2. The minimum absolute atomic E-state index is 0.511. The number of guanidine groups is 1. The number of hydrogen-bond acceptors (Lipinski definition) is 5. The van der Waals surface area contributed by atoms with Crippen LogP contribution in [0.1, 0.15) is 6.92 Å². The zero-order chi connectivity index (χ0) is 15.1. The average molecular weight is 340 g/mol. The highest BCUT2D eigenvalue weighted by Gasteiger charge is 2.05. The quantitative estimate of drug-likeness (QED) is 0.219. The van der Waals surface area contributed by atoms with Crippen LogP contribution in [0.5, 0.6) is 0 Å². The summed E-state index contributed by atoms with van der Waals surface area (Å²) in [4.78, 5) is 8.67. The number of hydrogen-bond donors (Lipinski definition) is 2. The molecule has 0 aliphatic rings. The summed E-state index contributed by atoms with van der Waals surface area (Å²) in [6, 6.07) is 5.73. The number of nitriles is 1. The summed E-state index contributed by atoms with van der Waals surface area (Å²) in [5.41, 5.74) is 0.933. The van der Waals surface area contributed by atoms with Crippen molar-refractivity contribution in [2.24, 2.45) is 4.99 Å². The maximum atomic E-state index is 8.59. The van der Waals surface area contributed by atoms with Crippen LogP contribution >= 0.6 is 34.7 Å². The topological polar surface area (TPSA) is 73.1 Å². The van der Waals surface area contributed by atoms with Gasteiger partial charge in [0.25, 0.3) is 0 Å². The predicted octanol–water partition coefficient (Wildman–Crippen LogP) is 3.08. The van der Waals surface area contributed by atoms with E-state index in [9.17, 15) is 0 Å². The van der Waals surface area contributed by atoms with Gasteiger partial charge in [0.2, 0.25) is 5.96 Å². The normalized spacial score (nSPS) is 11.4. The summed E-state index contributed by atoms with van der Waals surface area (Å²) in [5, 5.41) is 14.9. The van der Waals surface area contributed by atoms with Gasteiger partial charge in [-0.2, -0.15) is 5.26 Å². The largest absolute Gasteiger partial charge is 0.355 e. The number of thioether (sulfide) groups is 1. The molecule has 0 aliphatic carbocycles. The van der Waals surface area contributed by atoms with Crippen LogP contribution in [0.25, 0.3) is 10.2 Å². The summed E-state index contributed by atoms with van der Waals surface area (Å²) in [6.07, 6.45) is 1.86. The van der Waals surface area contributed by atoms with Crippen LogP contribution < -0.4 is 10.6 Å². The van der Waals surface area contributed by atoms with E-state index in [2.05, 4.69) is 20.6 Å². The van der Waals surface area contributed by atoms with Crippen molar-refractivity contribution in [2.45, 2.75) is 11.3 Å². The zero-order valence-corrected chi connectivity index (χ0v) is 13.8. The fourth-order valence-corrected chi connectivity index (χ4v) is 3.74. The second-order valence-electron chi connectivity index (χ2n) is 3.93. The highest BCUT2D eigenvalue weighted by molar-refractivity contribution is 8.01. The maximum absolute atomic E-state index is 8.59. The van der Waals surface area contributed by atoms with Crippen molar-refractivity contribution in [3.63, 3.8) is 0 Å². The summed E-state index contributed by atoms with van der Waals surface area (Å²) in [6.45, 7) is 3.25. The monoisotopic (exact) mass is 339 g/mol. The molecule has 5 nitrogen and oxygen atoms in total. The number of fused-ring (bicyclic) bond motifs is 1. The van der Waals surface area contributed by atoms with Gasteiger partial charge in [0.05, 0.1) is 10.2 Å². The molecule has 1 aromatic carbocycles. The van der Waals surface area contributed by atoms with Crippen molar-refractivity contribution in [3.05, 3.63) is 23.2 Å². The lowest BCUT2D eigenvalue weighted by molar-refractivity contribution is 0.915. The lowest BCUT2D eigenvalue weighted by Gasteiger charge is -2.06. The van der Waals surface area contributed by atoms with E-state index < -0.39 is 0 Å². The van der Waals surface area contributed by atoms with Crippen LogP contribution in [0, 0.1) is 11.5 Å². The Bertz CT molecular complexity index is 677. The lowest BCUT2D eigenvalue weighted by atomic mass is 10.3. The van der Waals surface area contributed by atoms with Crippen molar-refractivity contribution >= 4 is 50.9 Å². The number of benzene rings is 1. The molecule has 0 fully saturated rings. The first-order valence-corrected chi connectivity index (χ1v) is 8.53. The molecule has 1 aromatic heterocycles. The summed E-state index contributed by atoms with van der Waals surface area (Å²) in [5.74, 6) is 1.35. The molecule has 1 heterocycles. The van der Waals surface area contributed by atoms with E-state index >= 15 is 0 Å². The highest BCUT2D eigenvalue weighted by atomic mass is 35.5. The number of rotatable bonds is 5. The van der Waals surface area contributed by atoms with Gasteiger partial charge in [0.1, 0.15) is 0 Å². The fourth-order valence-electron chi connectivity index (χ4n) is 1.60. The highest BCUT2D eigenvalue weighted by Crippen LogP contribution is 2.30. The van der Waals surface area contributed by atoms with Crippen LogP contribution in [-0.2, 0) is 0 Å². The molecule has 0 atom stereocenters. The number of halogens is 1. The maximum Gasteiger partial charge on any atom is 0.204 e. The van der Waals surface area contributed by atoms with Crippen molar-refractivity contribution in [1.82, 2.24) is 15.6 Å². The molecule has 8 heteroatoms. The zero-order valence-electron chi connectivity index (χ0n) is 11.4. The Kier molecular flexibility index (Phi) is 6.11. The van der Waals surface area contributed by atoms with E-state index in [0.29, 0.717) is 24.1 Å². The Balaban J connectivity index is 1.85. The first kappa shape index (κ1) is 15.9. The van der Waals surface area contributed by atoms with E-state index in [-0.39, 0.29) is 0 Å². The predicted molar refractivity (Wildman–Crippen MR) is 90.1 cm³/mol. The number of nitrogens with zero attached hydrogens (tertiary/aromatic N) is 3. The second kappa shape index (κ2) is 8.08. The molecule has 110 valence electrons. The molecule has 2 rings (SSSR count). The molecular weight excluding hydrogens is 326 g/mol. The van der Waals surface area contributed by atoms with Gasteiger partial charge in [-0.1, -0.05) is 23.4 Å². The summed E-state index contributed by atoms with van der Waals surface area (Å²) in [7, 11) is 0. The number of aromatic nitrogens is 1. The van der Waals surface area contributed by atoms with Gasteiger partial charge >= 0.3 is 0 Å². The summed E-state index contributed by atoms with van der Waals surface area (Å²) < 4.78 is 2.14. The Morgan fingerprint density at radius 3 is 3.19 bits per heavy atom. The first-order valence-electron chi connectivity index (χ1n) is 6.35. The van der Waals surface area contributed by atoms with E-state index in [4.69, 9.17) is 16.9 Å². The molecule has 21 heavy (non-hydrogen) atoms. The van der Waals surface area contributed by atoms with Gasteiger partial charge in [-0.15, -0.1) is 11.3 Å². The average Bonchev–Trinajstić information content (AvgIpc) is 2.85. The van der Waals surface area contributed by atoms with Gasteiger partial charge in [0.15, 0.2) is 10.5 Å². The molecule has 0 spiro atoms. The molecule has 0 radical (unpaired) electrons. The molecule has 2 aromatic rings. The van der Waals surface area contributed by atoms with Crippen LogP contribution in [-0.4, -0.2) is 29.8 Å². The van der Waals surface area contributed by atoms with Crippen molar-refractivity contribution in [2.75, 3.05) is 18.8 Å². The molecule has 0 saturated carbocycles. The van der Waals surface area contributed by atoms with Gasteiger partial charge < -0.3 is 5.32 Å². The third-order valence-corrected chi connectivity index (χ3v) is 4.86. The standard InChI is InChI=1S/C13H14ClN5S2/c1-2-16-12(18-8-15)17-5-6-20-13-19-10-7-9(14)3-4-11(10)21-13/h3-4,7H,2,5-6H2,1H3,(H2,16,17,18). The third kappa shape index (κ3) is 4.77. The van der Waals surface area contributed by atoms with Gasteiger partial charge in [0, 0.05) is 23.9 Å². The van der Waals surface area contributed by atoms with E-state index in [1.54, 1.807) is 23.1 Å². The number of thiazole rings is 1. The van der Waals surface area contributed by atoms with E-state index in [1.165, 1.54) is 0 Å². The molecule has 0 bridgehead atoms. The minimum atomic E-state index is 0.511. The Morgan fingerprint density at radius 2 is 2.43 bits per heavy atom. The molecule has 0 aliphatic heterocycles. The molecule has 0 unspecified atom stereocenters. The van der Waals surface area contributed by atoms with Crippen molar-refractivity contribution in [1.29, 1.82) is 5.26 Å². The number of aliphatic imine (C=N–C) groups is 1. The van der Waals surface area contributed by atoms with Crippen LogP contribution in [0.2, 0.25) is 5.02 Å². The Labute approximate surface area is 136 Å². The van der Waals surface area contributed by atoms with Gasteiger partial charge in [-0.3, -0.25) is 10.3 Å². The lowest BCUT2D eigenvalue weighted by Crippen LogP contribution is -2.35. The summed E-state index contributed by atoms with van der Waals surface area (Å²) >= 11 is 9.27. The van der Waals surface area contributed by atoms with E-state index in [1.807, 2.05) is 31.3 Å². The third-order valence-electron chi connectivity index (χ3n) is 2.44. The Morgan fingerprint density at radius 1 is 1.57 bits per heavy atom. The van der Waals surface area contributed by atoms with Crippen LogP contribution in [0.15, 0.2) is 27.5 Å². The molecule has 0 amide bonds.